The lowest BCUT2D eigenvalue weighted by Gasteiger charge is -2.13. The topological polar surface area (TPSA) is 37.3 Å². The first-order valence-electron chi connectivity index (χ1n) is 4.89. The lowest BCUT2D eigenvalue weighted by atomic mass is 9.92. The minimum absolute atomic E-state index is 0.132. The molecule has 12 heavy (non-hydrogen) atoms. The second-order valence-corrected chi connectivity index (χ2v) is 4.57. The Hall–Kier alpha value is -0.530. The van der Waals surface area contributed by atoms with Crippen LogP contribution in [0.15, 0.2) is 0 Å². The summed E-state index contributed by atoms with van der Waals surface area (Å²) in [5.74, 6) is 1.93. The van der Waals surface area contributed by atoms with Crippen LogP contribution in [0.1, 0.15) is 32.6 Å². The summed E-state index contributed by atoms with van der Waals surface area (Å²) in [5, 5.41) is 8.72. The van der Waals surface area contributed by atoms with Crippen LogP contribution in [0.5, 0.6) is 0 Å². The molecule has 4 atom stereocenters. The fourth-order valence-corrected chi connectivity index (χ4v) is 2.63. The number of hydrogen-bond acceptors (Lipinski definition) is 1. The van der Waals surface area contributed by atoms with Crippen molar-refractivity contribution in [2.75, 3.05) is 0 Å². The van der Waals surface area contributed by atoms with Crippen molar-refractivity contribution in [2.45, 2.75) is 32.6 Å². The Morgan fingerprint density at radius 2 is 2.00 bits per heavy atom. The van der Waals surface area contributed by atoms with E-state index in [4.69, 9.17) is 5.11 Å². The molecule has 0 saturated heterocycles. The largest absolute Gasteiger partial charge is 0.481 e. The normalized spacial score (nSPS) is 40.6. The van der Waals surface area contributed by atoms with Gasteiger partial charge in [-0.2, -0.15) is 0 Å². The minimum Gasteiger partial charge on any atom is -0.481 e. The van der Waals surface area contributed by atoms with Gasteiger partial charge in [0.25, 0.3) is 0 Å². The van der Waals surface area contributed by atoms with E-state index < -0.39 is 5.97 Å². The van der Waals surface area contributed by atoms with Crippen molar-refractivity contribution in [3.8, 4) is 0 Å². The molecule has 0 bridgehead atoms. The highest BCUT2D eigenvalue weighted by Gasteiger charge is 2.45. The van der Waals surface area contributed by atoms with Gasteiger partial charge in [-0.3, -0.25) is 4.79 Å². The number of fused-ring (bicyclic) bond motifs is 1. The van der Waals surface area contributed by atoms with E-state index in [1.807, 2.05) is 6.92 Å². The van der Waals surface area contributed by atoms with Crippen molar-refractivity contribution in [1.82, 2.24) is 0 Å². The Bertz CT molecular complexity index is 190. The third-order valence-electron chi connectivity index (χ3n) is 3.45. The van der Waals surface area contributed by atoms with Gasteiger partial charge in [0, 0.05) is 0 Å². The molecule has 2 rings (SSSR count). The molecule has 1 N–H and O–H groups in total. The smallest absolute Gasteiger partial charge is 0.306 e. The molecule has 1 unspecified atom stereocenters. The van der Waals surface area contributed by atoms with Crippen LogP contribution in [-0.4, -0.2) is 11.1 Å². The number of rotatable bonds is 3. The van der Waals surface area contributed by atoms with Crippen molar-refractivity contribution in [2.24, 2.45) is 23.7 Å². The lowest BCUT2D eigenvalue weighted by Crippen LogP contribution is -2.13. The maximum absolute atomic E-state index is 10.6. The Morgan fingerprint density at radius 1 is 1.42 bits per heavy atom. The van der Waals surface area contributed by atoms with Crippen LogP contribution < -0.4 is 0 Å². The maximum Gasteiger partial charge on any atom is 0.306 e. The molecule has 0 aromatic carbocycles. The molecule has 0 amide bonds. The maximum atomic E-state index is 10.6. The van der Waals surface area contributed by atoms with E-state index in [-0.39, 0.29) is 5.92 Å². The average Bonchev–Trinajstić information content (AvgIpc) is 2.59. The molecule has 0 radical (unpaired) electrons. The zero-order valence-corrected chi connectivity index (χ0v) is 7.49. The summed E-state index contributed by atoms with van der Waals surface area (Å²) in [6.07, 6.45) is 4.95. The second-order valence-electron chi connectivity index (χ2n) is 4.57. The number of carboxylic acids is 1. The summed E-state index contributed by atoms with van der Waals surface area (Å²) in [7, 11) is 0. The molecule has 0 aromatic heterocycles. The Morgan fingerprint density at radius 3 is 2.50 bits per heavy atom. The van der Waals surface area contributed by atoms with Gasteiger partial charge in [-0.1, -0.05) is 6.92 Å². The fraction of sp³-hybridized carbons (Fsp3) is 0.900. The fourth-order valence-electron chi connectivity index (χ4n) is 2.63. The van der Waals surface area contributed by atoms with Gasteiger partial charge in [0.2, 0.25) is 0 Å². The third-order valence-corrected chi connectivity index (χ3v) is 3.45. The third kappa shape index (κ3) is 1.47. The van der Waals surface area contributed by atoms with Crippen LogP contribution in [0.4, 0.5) is 0 Å². The molecule has 2 fully saturated rings. The van der Waals surface area contributed by atoms with E-state index >= 15 is 0 Å². The van der Waals surface area contributed by atoms with E-state index in [0.29, 0.717) is 0 Å². The van der Waals surface area contributed by atoms with Crippen molar-refractivity contribution in [1.29, 1.82) is 0 Å². The van der Waals surface area contributed by atoms with E-state index in [1.165, 1.54) is 19.3 Å². The Kier molecular flexibility index (Phi) is 1.85. The van der Waals surface area contributed by atoms with E-state index in [2.05, 4.69) is 0 Å². The van der Waals surface area contributed by atoms with Crippen LogP contribution in [-0.2, 0) is 4.79 Å². The first-order chi connectivity index (χ1) is 5.66. The SMILES string of the molecule is C[C@@H](CC1C[C@@H]2C[C@@H]2C1)C(=O)O. The first kappa shape index (κ1) is 8.09. The predicted molar refractivity (Wildman–Crippen MR) is 45.7 cm³/mol. The first-order valence-corrected chi connectivity index (χ1v) is 4.89. The van der Waals surface area contributed by atoms with Crippen LogP contribution in [0, 0.1) is 23.7 Å². The summed E-state index contributed by atoms with van der Waals surface area (Å²) in [6, 6.07) is 0. The van der Waals surface area contributed by atoms with Crippen molar-refractivity contribution in [3.05, 3.63) is 0 Å². The monoisotopic (exact) mass is 168 g/mol. The van der Waals surface area contributed by atoms with E-state index in [0.717, 1.165) is 24.2 Å². The highest BCUT2D eigenvalue weighted by molar-refractivity contribution is 5.69. The Balaban J connectivity index is 1.76. The van der Waals surface area contributed by atoms with Gasteiger partial charge in [-0.05, 0) is 43.4 Å². The molecule has 0 heterocycles. The standard InChI is InChI=1S/C10H16O2/c1-6(10(11)12)2-7-3-8-5-9(8)4-7/h6-9H,2-5H2,1H3,(H,11,12)/t6-,7?,8-,9+/m0/s1. The van der Waals surface area contributed by atoms with Crippen LogP contribution in [0.3, 0.4) is 0 Å². The van der Waals surface area contributed by atoms with Gasteiger partial charge in [0.15, 0.2) is 0 Å². The number of carboxylic acid groups (broad SMARTS) is 1. The van der Waals surface area contributed by atoms with Gasteiger partial charge in [-0.15, -0.1) is 0 Å². The summed E-state index contributed by atoms with van der Waals surface area (Å²) >= 11 is 0. The quantitative estimate of drug-likeness (QED) is 0.701. The molecule has 0 spiro atoms. The van der Waals surface area contributed by atoms with E-state index in [1.54, 1.807) is 0 Å². The van der Waals surface area contributed by atoms with Gasteiger partial charge in [-0.25, -0.2) is 0 Å². The molecule has 2 heteroatoms. The van der Waals surface area contributed by atoms with Crippen molar-refractivity contribution < 1.29 is 9.90 Å². The van der Waals surface area contributed by atoms with Gasteiger partial charge in [0.05, 0.1) is 5.92 Å². The second kappa shape index (κ2) is 2.75. The van der Waals surface area contributed by atoms with E-state index in [9.17, 15) is 4.79 Å². The van der Waals surface area contributed by atoms with Gasteiger partial charge >= 0.3 is 5.97 Å². The van der Waals surface area contributed by atoms with Gasteiger partial charge in [0.1, 0.15) is 0 Å². The van der Waals surface area contributed by atoms with Crippen LogP contribution >= 0.6 is 0 Å². The zero-order chi connectivity index (χ0) is 8.72. The highest BCUT2D eigenvalue weighted by Crippen LogP contribution is 2.55. The molecule has 2 aliphatic carbocycles. The molecule has 68 valence electrons. The molecule has 2 aliphatic rings. The average molecular weight is 168 g/mol. The molecule has 0 aliphatic heterocycles. The van der Waals surface area contributed by atoms with Crippen molar-refractivity contribution in [3.63, 3.8) is 0 Å². The minimum atomic E-state index is -0.629. The zero-order valence-electron chi connectivity index (χ0n) is 7.49. The predicted octanol–water partition coefficient (Wildman–Crippen LogP) is 2.14. The number of carbonyl (C=O) groups is 1. The molecular formula is C10H16O2. The van der Waals surface area contributed by atoms with Crippen LogP contribution in [0.25, 0.3) is 0 Å². The summed E-state index contributed by atoms with van der Waals surface area (Å²) in [5.41, 5.74) is 0. The van der Waals surface area contributed by atoms with Crippen molar-refractivity contribution >= 4 is 5.97 Å². The summed E-state index contributed by atoms with van der Waals surface area (Å²) in [6.45, 7) is 1.83. The lowest BCUT2D eigenvalue weighted by molar-refractivity contribution is -0.141. The number of hydrogen-bond donors (Lipinski definition) is 1. The number of aliphatic carboxylic acids is 1. The van der Waals surface area contributed by atoms with Gasteiger partial charge < -0.3 is 5.11 Å². The molecule has 0 aromatic rings. The highest BCUT2D eigenvalue weighted by atomic mass is 16.4. The molecule has 2 nitrogen and oxygen atoms in total. The molecular weight excluding hydrogens is 152 g/mol. The van der Waals surface area contributed by atoms with Crippen LogP contribution in [0.2, 0.25) is 0 Å². The Labute approximate surface area is 73.0 Å². The summed E-state index contributed by atoms with van der Waals surface area (Å²) in [4.78, 5) is 10.6. The summed E-state index contributed by atoms with van der Waals surface area (Å²) < 4.78 is 0. The molecule has 2 saturated carbocycles.